The summed E-state index contributed by atoms with van der Waals surface area (Å²) >= 11 is 0. The minimum Gasteiger partial charge on any atom is -0.365 e. The quantitative estimate of drug-likeness (QED) is 0.596. The van der Waals surface area contributed by atoms with Crippen LogP contribution in [-0.2, 0) is 0 Å². The lowest BCUT2D eigenvalue weighted by atomic mass is 10.1. The number of carbonyl (C=O) groups is 2. The summed E-state index contributed by atoms with van der Waals surface area (Å²) in [6, 6.07) is 12.4. The molecule has 0 spiro atoms. The van der Waals surface area contributed by atoms with E-state index in [-0.39, 0.29) is 11.6 Å². The number of primary amides is 1. The summed E-state index contributed by atoms with van der Waals surface area (Å²) in [5.41, 5.74) is 9.20. The molecule has 0 bridgehead atoms. The standard InChI is InChI=1S/C21H22N6O2/c1-3-24-21(29)26-17-6-4-5-7-19(17)27(15-8-11-25-14(2)12-15)18-9-10-23-13-16(18)20(22)28/h4-13H,3H2,1-2H3,(H2,22,28)(H2,24,26,29). The molecular weight excluding hydrogens is 368 g/mol. The SMILES string of the molecule is CCNC(=O)Nc1ccccc1N(c1ccnc(C)c1)c1ccncc1C(N)=O. The second-order valence-corrected chi connectivity index (χ2v) is 6.25. The Morgan fingerprint density at radius 3 is 2.62 bits per heavy atom. The van der Waals surface area contributed by atoms with Crippen LogP contribution in [0.2, 0.25) is 0 Å². The second-order valence-electron chi connectivity index (χ2n) is 6.25. The molecule has 0 fully saturated rings. The highest BCUT2D eigenvalue weighted by atomic mass is 16.2. The maximum atomic E-state index is 12.2. The number of nitrogens with zero attached hydrogens (tertiary/aromatic N) is 3. The third kappa shape index (κ3) is 4.49. The van der Waals surface area contributed by atoms with Crippen molar-refractivity contribution in [1.82, 2.24) is 15.3 Å². The maximum absolute atomic E-state index is 12.2. The molecule has 0 radical (unpaired) electrons. The van der Waals surface area contributed by atoms with Crippen LogP contribution in [0.4, 0.5) is 27.5 Å². The van der Waals surface area contributed by atoms with Crippen LogP contribution in [0.15, 0.2) is 61.1 Å². The van der Waals surface area contributed by atoms with Gasteiger partial charge in [0.1, 0.15) is 0 Å². The fourth-order valence-electron chi connectivity index (χ4n) is 2.95. The average molecular weight is 390 g/mol. The van der Waals surface area contributed by atoms with Crippen LogP contribution in [0.5, 0.6) is 0 Å². The van der Waals surface area contributed by atoms with E-state index >= 15 is 0 Å². The number of hydrogen-bond acceptors (Lipinski definition) is 5. The largest absolute Gasteiger partial charge is 0.365 e. The van der Waals surface area contributed by atoms with Gasteiger partial charge in [0.25, 0.3) is 5.91 Å². The van der Waals surface area contributed by atoms with Gasteiger partial charge in [0.2, 0.25) is 0 Å². The molecule has 2 heterocycles. The number of anilines is 4. The van der Waals surface area contributed by atoms with Crippen molar-refractivity contribution in [2.24, 2.45) is 5.73 Å². The number of amides is 3. The highest BCUT2D eigenvalue weighted by Crippen LogP contribution is 2.40. The summed E-state index contributed by atoms with van der Waals surface area (Å²) in [5, 5.41) is 5.57. The smallest absolute Gasteiger partial charge is 0.319 e. The number of para-hydroxylation sites is 2. The van der Waals surface area contributed by atoms with E-state index in [4.69, 9.17) is 5.73 Å². The first-order valence-corrected chi connectivity index (χ1v) is 9.11. The average Bonchev–Trinajstić information content (AvgIpc) is 2.70. The third-order valence-electron chi connectivity index (χ3n) is 4.17. The predicted octanol–water partition coefficient (Wildman–Crippen LogP) is 3.50. The highest BCUT2D eigenvalue weighted by molar-refractivity contribution is 6.02. The lowest BCUT2D eigenvalue weighted by Crippen LogP contribution is -2.29. The van der Waals surface area contributed by atoms with Gasteiger partial charge < -0.3 is 21.3 Å². The number of pyridine rings is 2. The summed E-state index contributed by atoms with van der Waals surface area (Å²) in [4.78, 5) is 34.3. The molecule has 3 amide bonds. The molecule has 0 atom stereocenters. The molecule has 1 aromatic carbocycles. The fourth-order valence-corrected chi connectivity index (χ4v) is 2.95. The van der Waals surface area contributed by atoms with Crippen molar-refractivity contribution in [1.29, 1.82) is 0 Å². The van der Waals surface area contributed by atoms with Crippen LogP contribution >= 0.6 is 0 Å². The van der Waals surface area contributed by atoms with E-state index in [0.717, 1.165) is 11.4 Å². The molecule has 2 aromatic heterocycles. The topological polar surface area (TPSA) is 113 Å². The Bertz CT molecular complexity index is 1040. The first kappa shape index (κ1) is 19.8. The number of rotatable bonds is 6. The highest BCUT2D eigenvalue weighted by Gasteiger charge is 2.21. The van der Waals surface area contributed by atoms with Gasteiger partial charge in [-0.25, -0.2) is 4.79 Å². The molecule has 4 N–H and O–H groups in total. The molecule has 3 rings (SSSR count). The van der Waals surface area contributed by atoms with Crippen molar-refractivity contribution in [2.45, 2.75) is 13.8 Å². The Labute approximate surface area is 168 Å². The van der Waals surface area contributed by atoms with Crippen LogP contribution in [0.3, 0.4) is 0 Å². The Balaban J connectivity index is 2.21. The van der Waals surface area contributed by atoms with Crippen LogP contribution in [-0.4, -0.2) is 28.5 Å². The molecule has 0 aliphatic rings. The third-order valence-corrected chi connectivity index (χ3v) is 4.17. The van der Waals surface area contributed by atoms with Gasteiger partial charge in [-0.2, -0.15) is 0 Å². The molecule has 8 heteroatoms. The first-order valence-electron chi connectivity index (χ1n) is 9.11. The van der Waals surface area contributed by atoms with Gasteiger partial charge in [-0.15, -0.1) is 0 Å². The molecule has 0 unspecified atom stereocenters. The zero-order chi connectivity index (χ0) is 20.8. The lowest BCUT2D eigenvalue weighted by Gasteiger charge is -2.28. The number of hydrogen-bond donors (Lipinski definition) is 3. The predicted molar refractivity (Wildman–Crippen MR) is 113 cm³/mol. The van der Waals surface area contributed by atoms with Crippen molar-refractivity contribution in [3.63, 3.8) is 0 Å². The Hall–Kier alpha value is -3.94. The van der Waals surface area contributed by atoms with Gasteiger partial charge in [-0.3, -0.25) is 14.8 Å². The lowest BCUT2D eigenvalue weighted by molar-refractivity contribution is 0.100. The van der Waals surface area contributed by atoms with Gasteiger partial charge in [0, 0.05) is 36.5 Å². The molecular formula is C21H22N6O2. The maximum Gasteiger partial charge on any atom is 0.319 e. The Morgan fingerprint density at radius 1 is 1.10 bits per heavy atom. The van der Waals surface area contributed by atoms with E-state index in [2.05, 4.69) is 20.6 Å². The molecule has 0 saturated carbocycles. The Kier molecular flexibility index (Phi) is 6.03. The van der Waals surface area contributed by atoms with Crippen molar-refractivity contribution in [3.05, 3.63) is 72.3 Å². The van der Waals surface area contributed by atoms with E-state index in [1.807, 2.05) is 49.1 Å². The van der Waals surface area contributed by atoms with Gasteiger partial charge in [0.15, 0.2) is 0 Å². The summed E-state index contributed by atoms with van der Waals surface area (Å²) in [6.07, 6.45) is 4.70. The first-order chi connectivity index (χ1) is 14.0. The number of carbonyl (C=O) groups excluding carboxylic acids is 2. The number of benzene rings is 1. The summed E-state index contributed by atoms with van der Waals surface area (Å²) in [7, 11) is 0. The van der Waals surface area contributed by atoms with Gasteiger partial charge >= 0.3 is 6.03 Å². The number of nitrogens with one attached hydrogen (secondary N) is 2. The minimum absolute atomic E-state index is 0.259. The van der Waals surface area contributed by atoms with Crippen molar-refractivity contribution >= 4 is 34.7 Å². The van der Waals surface area contributed by atoms with Crippen LogP contribution in [0.25, 0.3) is 0 Å². The molecule has 3 aromatic rings. The zero-order valence-corrected chi connectivity index (χ0v) is 16.2. The Morgan fingerprint density at radius 2 is 1.90 bits per heavy atom. The summed E-state index contributed by atoms with van der Waals surface area (Å²) in [5.74, 6) is -0.599. The normalized spacial score (nSPS) is 10.3. The van der Waals surface area contributed by atoms with Crippen molar-refractivity contribution < 1.29 is 9.59 Å². The molecule has 8 nitrogen and oxygen atoms in total. The molecule has 148 valence electrons. The zero-order valence-electron chi connectivity index (χ0n) is 16.2. The van der Waals surface area contributed by atoms with Gasteiger partial charge in [-0.05, 0) is 44.2 Å². The molecule has 0 aliphatic heterocycles. The van der Waals surface area contributed by atoms with Crippen molar-refractivity contribution in [3.8, 4) is 0 Å². The molecule has 29 heavy (non-hydrogen) atoms. The van der Waals surface area contributed by atoms with Gasteiger partial charge in [0.05, 0.1) is 22.6 Å². The van der Waals surface area contributed by atoms with E-state index in [9.17, 15) is 9.59 Å². The molecule has 0 saturated heterocycles. The van der Waals surface area contributed by atoms with Gasteiger partial charge in [-0.1, -0.05) is 12.1 Å². The number of nitrogens with two attached hydrogens (primary N) is 1. The number of aromatic nitrogens is 2. The molecule has 0 aliphatic carbocycles. The van der Waals surface area contributed by atoms with E-state index in [1.54, 1.807) is 24.5 Å². The van der Waals surface area contributed by atoms with E-state index in [1.165, 1.54) is 6.20 Å². The van der Waals surface area contributed by atoms with E-state index in [0.29, 0.717) is 23.6 Å². The van der Waals surface area contributed by atoms with Crippen molar-refractivity contribution in [2.75, 3.05) is 16.8 Å². The fraction of sp³-hybridized carbons (Fsp3) is 0.143. The number of urea groups is 1. The summed E-state index contributed by atoms with van der Waals surface area (Å²) in [6.45, 7) is 4.22. The summed E-state index contributed by atoms with van der Waals surface area (Å²) < 4.78 is 0. The monoisotopic (exact) mass is 390 g/mol. The minimum atomic E-state index is -0.599. The number of aryl methyl sites for hydroxylation is 1. The second kappa shape index (κ2) is 8.83. The van der Waals surface area contributed by atoms with Crippen LogP contribution in [0, 0.1) is 6.92 Å². The van der Waals surface area contributed by atoms with E-state index < -0.39 is 5.91 Å². The van der Waals surface area contributed by atoms with Crippen LogP contribution in [0.1, 0.15) is 23.0 Å². The van der Waals surface area contributed by atoms with Crippen LogP contribution < -0.4 is 21.3 Å².